The van der Waals surface area contributed by atoms with Crippen molar-refractivity contribution < 1.29 is 14.3 Å². The summed E-state index contributed by atoms with van der Waals surface area (Å²) in [6.07, 6.45) is 1.61. The molecule has 5 heteroatoms. The molecule has 1 aliphatic carbocycles. The van der Waals surface area contributed by atoms with Crippen molar-refractivity contribution in [1.29, 1.82) is 0 Å². The maximum Gasteiger partial charge on any atom is 0.277 e. The molecule has 0 radical (unpaired) electrons. The molecule has 1 fully saturated rings. The van der Waals surface area contributed by atoms with Gasteiger partial charge in [0.2, 0.25) is 0 Å². The predicted octanol–water partition coefficient (Wildman–Crippen LogP) is 2.63. The van der Waals surface area contributed by atoms with Crippen LogP contribution in [-0.4, -0.2) is 24.0 Å². The molecule has 1 aromatic carbocycles. The summed E-state index contributed by atoms with van der Waals surface area (Å²) >= 11 is 0. The highest BCUT2D eigenvalue weighted by Crippen LogP contribution is 2.31. The van der Waals surface area contributed by atoms with Crippen molar-refractivity contribution in [2.45, 2.75) is 40.0 Å². The molecule has 1 aliphatic rings. The number of carbonyl (C=O) groups is 2. The van der Waals surface area contributed by atoms with Crippen LogP contribution in [0, 0.1) is 12.3 Å². The molecule has 0 heterocycles. The second kappa shape index (κ2) is 6.73. The van der Waals surface area contributed by atoms with Crippen molar-refractivity contribution in [1.82, 2.24) is 5.43 Å². The van der Waals surface area contributed by atoms with Gasteiger partial charge in [-0.3, -0.25) is 9.59 Å². The number of amides is 1. The Morgan fingerprint density at radius 2 is 2.05 bits per heavy atom. The Bertz CT molecular complexity index is 606. The van der Waals surface area contributed by atoms with Crippen LogP contribution in [0.5, 0.6) is 5.75 Å². The minimum Gasteiger partial charge on any atom is -0.483 e. The fourth-order valence-electron chi connectivity index (χ4n) is 2.62. The van der Waals surface area contributed by atoms with Crippen LogP contribution < -0.4 is 10.2 Å². The highest BCUT2D eigenvalue weighted by atomic mass is 16.5. The van der Waals surface area contributed by atoms with Crippen molar-refractivity contribution in [3.8, 4) is 5.75 Å². The van der Waals surface area contributed by atoms with Crippen molar-refractivity contribution in [3.63, 3.8) is 0 Å². The van der Waals surface area contributed by atoms with Crippen molar-refractivity contribution in [3.05, 3.63) is 29.8 Å². The molecule has 1 aromatic rings. The monoisotopic (exact) mass is 302 g/mol. The first kappa shape index (κ1) is 16.2. The summed E-state index contributed by atoms with van der Waals surface area (Å²) in [6.45, 7) is 5.88. The minimum absolute atomic E-state index is 0.0868. The molecule has 0 spiro atoms. The first-order chi connectivity index (χ1) is 10.4. The zero-order chi connectivity index (χ0) is 16.2. The lowest BCUT2D eigenvalue weighted by atomic mass is 9.76. The number of ketones is 1. The van der Waals surface area contributed by atoms with Crippen LogP contribution in [0.3, 0.4) is 0 Å². The molecule has 0 aromatic heterocycles. The second-order valence-electron chi connectivity index (χ2n) is 6.50. The normalized spacial score (nSPS) is 19.0. The zero-order valence-electron chi connectivity index (χ0n) is 13.3. The average Bonchev–Trinajstić information content (AvgIpc) is 2.42. The fraction of sp³-hybridized carbons (Fsp3) is 0.471. The quantitative estimate of drug-likeness (QED) is 0.869. The van der Waals surface area contributed by atoms with E-state index in [9.17, 15) is 9.59 Å². The number of hydrogen-bond donors (Lipinski definition) is 1. The Balaban J connectivity index is 1.86. The van der Waals surface area contributed by atoms with E-state index < -0.39 is 0 Å². The van der Waals surface area contributed by atoms with Crippen molar-refractivity contribution in [2.24, 2.45) is 10.5 Å². The lowest BCUT2D eigenvalue weighted by Crippen LogP contribution is -2.32. The van der Waals surface area contributed by atoms with Crippen LogP contribution in [0.4, 0.5) is 0 Å². The Hall–Kier alpha value is -2.17. The van der Waals surface area contributed by atoms with E-state index in [0.717, 1.165) is 17.7 Å². The standard InChI is InChI=1S/C17H22N2O3/c1-12-6-4-5-7-15(12)22-11-16(21)19-18-13-8-14(20)10-17(2,3)9-13/h4-7H,8-11H2,1-3H3,(H,19,21). The lowest BCUT2D eigenvalue weighted by Gasteiger charge is -2.28. The summed E-state index contributed by atoms with van der Waals surface area (Å²) in [5.74, 6) is 0.520. The van der Waals surface area contributed by atoms with Gasteiger partial charge in [-0.2, -0.15) is 5.10 Å². The van der Waals surface area contributed by atoms with Gasteiger partial charge in [0.25, 0.3) is 5.91 Å². The van der Waals surface area contributed by atoms with E-state index in [0.29, 0.717) is 18.6 Å². The van der Waals surface area contributed by atoms with E-state index in [2.05, 4.69) is 10.5 Å². The Morgan fingerprint density at radius 3 is 2.73 bits per heavy atom. The molecule has 1 amide bonds. The van der Waals surface area contributed by atoms with Crippen molar-refractivity contribution >= 4 is 17.4 Å². The third kappa shape index (κ3) is 4.69. The molecule has 5 nitrogen and oxygen atoms in total. The van der Waals surface area contributed by atoms with E-state index in [4.69, 9.17) is 4.74 Å². The van der Waals surface area contributed by atoms with Crippen LogP contribution in [0.25, 0.3) is 0 Å². The second-order valence-corrected chi connectivity index (χ2v) is 6.50. The summed E-state index contributed by atoms with van der Waals surface area (Å²) in [6, 6.07) is 7.51. The Kier molecular flexibility index (Phi) is 4.96. The maximum atomic E-state index is 11.8. The molecule has 2 rings (SSSR count). The number of ether oxygens (including phenoxy) is 1. The van der Waals surface area contributed by atoms with Crippen LogP contribution in [0.15, 0.2) is 29.4 Å². The van der Waals surface area contributed by atoms with Gasteiger partial charge in [-0.1, -0.05) is 32.0 Å². The van der Waals surface area contributed by atoms with Crippen LogP contribution in [0.2, 0.25) is 0 Å². The summed E-state index contributed by atoms with van der Waals surface area (Å²) in [4.78, 5) is 23.4. The Morgan fingerprint density at radius 1 is 1.32 bits per heavy atom. The largest absolute Gasteiger partial charge is 0.483 e. The summed E-state index contributed by atoms with van der Waals surface area (Å²) < 4.78 is 5.45. The van der Waals surface area contributed by atoms with E-state index in [-0.39, 0.29) is 23.7 Å². The van der Waals surface area contributed by atoms with E-state index in [1.807, 2.05) is 45.0 Å². The van der Waals surface area contributed by atoms with Gasteiger partial charge in [-0.05, 0) is 30.4 Å². The lowest BCUT2D eigenvalue weighted by molar-refractivity contribution is -0.123. The molecule has 0 aliphatic heterocycles. The van der Waals surface area contributed by atoms with E-state index >= 15 is 0 Å². The summed E-state index contributed by atoms with van der Waals surface area (Å²) in [7, 11) is 0. The number of para-hydroxylation sites is 1. The van der Waals surface area contributed by atoms with Gasteiger partial charge in [-0.15, -0.1) is 0 Å². The number of hydrazone groups is 1. The number of Topliss-reactive ketones (excluding diaryl/α,β-unsaturated/α-hetero) is 1. The third-order valence-corrected chi connectivity index (χ3v) is 3.55. The molecular weight excluding hydrogens is 280 g/mol. The molecule has 1 N–H and O–H groups in total. The number of rotatable bonds is 4. The fourth-order valence-corrected chi connectivity index (χ4v) is 2.62. The topological polar surface area (TPSA) is 67.8 Å². The SMILES string of the molecule is Cc1ccccc1OCC(=O)NN=C1CC(=O)CC(C)(C)C1. The van der Waals surface area contributed by atoms with Gasteiger partial charge < -0.3 is 4.74 Å². The first-order valence-electron chi connectivity index (χ1n) is 7.40. The zero-order valence-corrected chi connectivity index (χ0v) is 13.3. The summed E-state index contributed by atoms with van der Waals surface area (Å²) in [5.41, 5.74) is 4.09. The van der Waals surface area contributed by atoms with E-state index in [1.54, 1.807) is 0 Å². The molecule has 1 saturated carbocycles. The molecule has 118 valence electrons. The maximum absolute atomic E-state index is 11.8. The van der Waals surface area contributed by atoms with Crippen LogP contribution in [-0.2, 0) is 9.59 Å². The minimum atomic E-state index is -0.327. The molecule has 0 atom stereocenters. The molecule has 0 unspecified atom stereocenters. The number of benzene rings is 1. The number of nitrogens with zero attached hydrogens (tertiary/aromatic N) is 1. The summed E-state index contributed by atoms with van der Waals surface area (Å²) in [5, 5.41) is 4.08. The van der Waals surface area contributed by atoms with Gasteiger partial charge in [0.15, 0.2) is 6.61 Å². The van der Waals surface area contributed by atoms with E-state index in [1.165, 1.54) is 0 Å². The Labute approximate surface area is 130 Å². The average molecular weight is 302 g/mol. The number of hydrogen-bond acceptors (Lipinski definition) is 4. The van der Waals surface area contributed by atoms with Gasteiger partial charge in [-0.25, -0.2) is 5.43 Å². The number of aryl methyl sites for hydroxylation is 1. The van der Waals surface area contributed by atoms with Crippen LogP contribution in [0.1, 0.15) is 38.7 Å². The third-order valence-electron chi connectivity index (χ3n) is 3.55. The van der Waals surface area contributed by atoms with Gasteiger partial charge in [0, 0.05) is 18.6 Å². The number of carbonyl (C=O) groups excluding carboxylic acids is 2. The van der Waals surface area contributed by atoms with Gasteiger partial charge in [0.05, 0.1) is 0 Å². The molecular formula is C17H22N2O3. The van der Waals surface area contributed by atoms with Gasteiger partial charge >= 0.3 is 0 Å². The van der Waals surface area contributed by atoms with Gasteiger partial charge in [0.1, 0.15) is 11.5 Å². The molecule has 22 heavy (non-hydrogen) atoms. The first-order valence-corrected chi connectivity index (χ1v) is 7.40. The van der Waals surface area contributed by atoms with Crippen LogP contribution >= 0.6 is 0 Å². The number of nitrogens with one attached hydrogen (secondary N) is 1. The van der Waals surface area contributed by atoms with Crippen molar-refractivity contribution in [2.75, 3.05) is 6.61 Å². The molecule has 0 bridgehead atoms. The predicted molar refractivity (Wildman–Crippen MR) is 84.9 cm³/mol. The smallest absolute Gasteiger partial charge is 0.277 e. The highest BCUT2D eigenvalue weighted by molar-refractivity contribution is 6.05. The molecule has 0 saturated heterocycles. The highest BCUT2D eigenvalue weighted by Gasteiger charge is 2.30.